The molecule has 8 heteroatoms. The van der Waals surface area contributed by atoms with Crippen molar-refractivity contribution < 1.29 is 24.0 Å². The number of hydrogen-bond donors (Lipinski definition) is 1. The maximum absolute atomic E-state index is 11.7. The topological polar surface area (TPSA) is 108 Å². The molecule has 1 aromatic carbocycles. The van der Waals surface area contributed by atoms with E-state index in [1.165, 1.54) is 18.3 Å². The normalized spacial score (nSPS) is 9.75. The number of hydrogen-bond acceptors (Lipinski definition) is 7. The summed E-state index contributed by atoms with van der Waals surface area (Å²) >= 11 is 0. The van der Waals surface area contributed by atoms with E-state index in [1.807, 2.05) is 0 Å². The number of benzene rings is 1. The van der Waals surface area contributed by atoms with Gasteiger partial charge in [-0.3, -0.25) is 10.1 Å². The first-order chi connectivity index (χ1) is 11.5. The van der Waals surface area contributed by atoms with Crippen LogP contribution < -0.4 is 5.32 Å². The molecule has 0 amide bonds. The van der Waals surface area contributed by atoms with Gasteiger partial charge in [-0.1, -0.05) is 12.1 Å². The van der Waals surface area contributed by atoms with Crippen LogP contribution in [0.25, 0.3) is 0 Å². The first kappa shape index (κ1) is 19.1. The Morgan fingerprint density at radius 3 is 2.12 bits per heavy atom. The molecule has 0 spiro atoms. The number of nitrogens with zero attached hydrogens (tertiary/aromatic N) is 1. The third-order valence-corrected chi connectivity index (χ3v) is 2.94. The molecule has 0 aromatic heterocycles. The number of carbonyl (C=O) groups excluding carboxylic acids is 2. The number of nitrogens with one attached hydrogen (secondary N) is 1. The lowest BCUT2D eigenvalue weighted by Crippen LogP contribution is -2.22. The quantitative estimate of drug-likeness (QED) is 0.139. The van der Waals surface area contributed by atoms with Crippen molar-refractivity contribution in [2.75, 3.05) is 19.8 Å². The number of carbonyl (C=O) groups is 2. The largest absolute Gasteiger partial charge is 0.462 e. The van der Waals surface area contributed by atoms with Gasteiger partial charge < -0.3 is 14.8 Å². The predicted molar refractivity (Wildman–Crippen MR) is 86.2 cm³/mol. The second kappa shape index (κ2) is 9.98. The Kier molecular flexibility index (Phi) is 7.97. The van der Waals surface area contributed by atoms with Gasteiger partial charge in [-0.05, 0) is 25.8 Å². The van der Waals surface area contributed by atoms with E-state index in [9.17, 15) is 19.7 Å². The molecule has 1 rings (SSSR count). The molecule has 0 heterocycles. The van der Waals surface area contributed by atoms with Crippen LogP contribution >= 0.6 is 0 Å². The Morgan fingerprint density at radius 1 is 1.12 bits per heavy atom. The molecule has 0 unspecified atom stereocenters. The van der Waals surface area contributed by atoms with Crippen LogP contribution in [0.4, 0.5) is 5.69 Å². The number of nitro groups is 1. The fourth-order valence-electron chi connectivity index (χ4n) is 1.79. The van der Waals surface area contributed by atoms with E-state index in [0.717, 1.165) is 5.56 Å². The molecule has 0 saturated heterocycles. The van der Waals surface area contributed by atoms with Crippen molar-refractivity contribution in [3.63, 3.8) is 0 Å². The Balaban J connectivity index is 2.61. The lowest BCUT2D eigenvalue weighted by atomic mass is 10.1. The van der Waals surface area contributed by atoms with Crippen molar-refractivity contribution in [1.29, 1.82) is 0 Å². The Morgan fingerprint density at radius 2 is 1.67 bits per heavy atom. The summed E-state index contributed by atoms with van der Waals surface area (Å²) in [6.07, 6.45) is 1.83. The molecular weight excluding hydrogens is 316 g/mol. The lowest BCUT2D eigenvalue weighted by molar-refractivity contribution is -0.384. The van der Waals surface area contributed by atoms with Crippen LogP contribution in [-0.4, -0.2) is 36.6 Å². The second-order valence-electron chi connectivity index (χ2n) is 4.63. The van der Waals surface area contributed by atoms with Crippen LogP contribution in [0.15, 0.2) is 36.0 Å². The van der Waals surface area contributed by atoms with Crippen LogP contribution in [0.2, 0.25) is 0 Å². The maximum Gasteiger partial charge on any atom is 0.347 e. The number of non-ortho nitro benzene ring substituents is 1. The van der Waals surface area contributed by atoms with Gasteiger partial charge in [-0.25, -0.2) is 9.59 Å². The second-order valence-corrected chi connectivity index (χ2v) is 4.63. The highest BCUT2D eigenvalue weighted by atomic mass is 16.6. The molecule has 0 atom stereocenters. The first-order valence-electron chi connectivity index (χ1n) is 7.50. The SMILES string of the molecule is CCOC(=O)C(=CNCCc1ccc([N+](=O)[O-])cc1)C(=O)OCC. The van der Waals surface area contributed by atoms with Crippen LogP contribution in [0.5, 0.6) is 0 Å². The van der Waals surface area contributed by atoms with E-state index in [1.54, 1.807) is 26.0 Å². The van der Waals surface area contributed by atoms with Gasteiger partial charge in [0.2, 0.25) is 0 Å². The molecular formula is C16H20N2O6. The van der Waals surface area contributed by atoms with Crippen molar-refractivity contribution in [2.45, 2.75) is 20.3 Å². The summed E-state index contributed by atoms with van der Waals surface area (Å²) in [4.78, 5) is 33.6. The van der Waals surface area contributed by atoms with E-state index >= 15 is 0 Å². The van der Waals surface area contributed by atoms with E-state index in [2.05, 4.69) is 5.32 Å². The van der Waals surface area contributed by atoms with Gasteiger partial charge in [-0.2, -0.15) is 0 Å². The van der Waals surface area contributed by atoms with Crippen molar-refractivity contribution in [3.8, 4) is 0 Å². The smallest absolute Gasteiger partial charge is 0.347 e. The summed E-state index contributed by atoms with van der Waals surface area (Å²) in [6.45, 7) is 4.02. The molecule has 0 aliphatic rings. The molecule has 1 aromatic rings. The molecule has 0 aliphatic carbocycles. The molecule has 1 N–H and O–H groups in total. The van der Waals surface area contributed by atoms with Gasteiger partial charge in [0.25, 0.3) is 5.69 Å². The highest BCUT2D eigenvalue weighted by molar-refractivity contribution is 6.13. The minimum Gasteiger partial charge on any atom is -0.462 e. The summed E-state index contributed by atoms with van der Waals surface area (Å²) in [7, 11) is 0. The molecule has 24 heavy (non-hydrogen) atoms. The first-order valence-corrected chi connectivity index (χ1v) is 7.50. The maximum atomic E-state index is 11.7. The van der Waals surface area contributed by atoms with E-state index in [-0.39, 0.29) is 24.5 Å². The van der Waals surface area contributed by atoms with E-state index in [4.69, 9.17) is 9.47 Å². The monoisotopic (exact) mass is 336 g/mol. The highest BCUT2D eigenvalue weighted by Crippen LogP contribution is 2.12. The zero-order valence-corrected chi connectivity index (χ0v) is 13.6. The summed E-state index contributed by atoms with van der Waals surface area (Å²) < 4.78 is 9.62. The highest BCUT2D eigenvalue weighted by Gasteiger charge is 2.20. The third-order valence-electron chi connectivity index (χ3n) is 2.94. The van der Waals surface area contributed by atoms with Gasteiger partial charge >= 0.3 is 11.9 Å². The molecule has 0 saturated carbocycles. The zero-order valence-electron chi connectivity index (χ0n) is 13.6. The van der Waals surface area contributed by atoms with Crippen LogP contribution in [0.1, 0.15) is 19.4 Å². The van der Waals surface area contributed by atoms with Crippen LogP contribution in [0.3, 0.4) is 0 Å². The Hall–Kier alpha value is -2.90. The summed E-state index contributed by atoms with van der Waals surface area (Å²) in [6, 6.07) is 6.16. The average Bonchev–Trinajstić information content (AvgIpc) is 2.55. The van der Waals surface area contributed by atoms with Gasteiger partial charge in [-0.15, -0.1) is 0 Å². The average molecular weight is 336 g/mol. The molecule has 8 nitrogen and oxygen atoms in total. The summed E-state index contributed by atoms with van der Waals surface area (Å²) in [5.74, 6) is -1.50. The molecule has 0 radical (unpaired) electrons. The molecule has 0 bridgehead atoms. The van der Waals surface area contributed by atoms with Gasteiger partial charge in [0, 0.05) is 24.9 Å². The third kappa shape index (κ3) is 6.07. The Bertz CT molecular complexity index is 589. The van der Waals surface area contributed by atoms with Crippen molar-refractivity contribution in [2.24, 2.45) is 0 Å². The standard InChI is InChI=1S/C16H20N2O6/c1-3-23-15(19)14(16(20)24-4-2)11-17-10-9-12-5-7-13(8-6-12)18(21)22/h5-8,11,17H,3-4,9-10H2,1-2H3. The van der Waals surface area contributed by atoms with Gasteiger partial charge in [0.05, 0.1) is 18.1 Å². The zero-order chi connectivity index (χ0) is 17.9. The number of rotatable bonds is 9. The lowest BCUT2D eigenvalue weighted by Gasteiger charge is -2.07. The fraction of sp³-hybridized carbons (Fsp3) is 0.375. The van der Waals surface area contributed by atoms with Crippen LogP contribution in [-0.2, 0) is 25.5 Å². The Labute approximate surface area is 139 Å². The van der Waals surface area contributed by atoms with Crippen molar-refractivity contribution >= 4 is 17.6 Å². The molecule has 130 valence electrons. The van der Waals surface area contributed by atoms with E-state index in [0.29, 0.717) is 13.0 Å². The predicted octanol–water partition coefficient (Wildman–Crippen LogP) is 1.74. The fourth-order valence-corrected chi connectivity index (χ4v) is 1.79. The number of esters is 2. The van der Waals surface area contributed by atoms with Gasteiger partial charge in [0.15, 0.2) is 5.57 Å². The van der Waals surface area contributed by atoms with E-state index < -0.39 is 16.9 Å². The van der Waals surface area contributed by atoms with Crippen molar-refractivity contribution in [1.82, 2.24) is 5.32 Å². The van der Waals surface area contributed by atoms with Crippen LogP contribution in [0, 0.1) is 10.1 Å². The minimum absolute atomic E-state index is 0.0264. The summed E-state index contributed by atoms with van der Waals surface area (Å²) in [5.41, 5.74) is 0.705. The molecule has 0 aliphatic heterocycles. The molecule has 0 fully saturated rings. The van der Waals surface area contributed by atoms with Crippen molar-refractivity contribution in [3.05, 3.63) is 51.7 Å². The summed E-state index contributed by atoms with van der Waals surface area (Å²) in [5, 5.41) is 13.4. The number of ether oxygens (including phenoxy) is 2. The minimum atomic E-state index is -0.751. The van der Waals surface area contributed by atoms with Gasteiger partial charge in [0.1, 0.15) is 0 Å². The number of nitro benzene ring substituents is 1.